The number of fused-ring (bicyclic) bond motifs is 1. The van der Waals surface area contributed by atoms with Crippen molar-refractivity contribution in [2.24, 2.45) is 5.92 Å². The number of carbonyl (C=O) groups excluding carboxylic acids is 1. The van der Waals surface area contributed by atoms with E-state index in [0.29, 0.717) is 31.0 Å². The fourth-order valence-electron chi connectivity index (χ4n) is 4.23. The number of hydrogen-bond acceptors (Lipinski definition) is 5. The minimum Gasteiger partial charge on any atom is -0.451 e. The molecular weight excluding hydrogens is 354 g/mol. The van der Waals surface area contributed by atoms with E-state index in [0.717, 1.165) is 10.9 Å². The van der Waals surface area contributed by atoms with Gasteiger partial charge in [-0.25, -0.2) is 8.42 Å². The van der Waals surface area contributed by atoms with Gasteiger partial charge in [-0.15, -0.1) is 0 Å². The summed E-state index contributed by atoms with van der Waals surface area (Å²) in [6.07, 6.45) is 0.605. The van der Waals surface area contributed by atoms with Crippen LogP contribution in [0, 0.1) is 12.8 Å². The summed E-state index contributed by atoms with van der Waals surface area (Å²) in [4.78, 5) is 14.5. The van der Waals surface area contributed by atoms with Crippen molar-refractivity contribution < 1.29 is 22.4 Å². The van der Waals surface area contributed by atoms with Gasteiger partial charge in [0.05, 0.1) is 12.4 Å². The number of aryl methyl sites for hydroxylation is 1. The van der Waals surface area contributed by atoms with Crippen molar-refractivity contribution in [3.63, 3.8) is 0 Å². The molecule has 0 aliphatic carbocycles. The SMILES string of the molecule is CCOC[C@@H]1CCS(=O)(=O)C12CN(C(=O)c1oc3ccccc3c1C)C2. The first kappa shape index (κ1) is 17.5. The summed E-state index contributed by atoms with van der Waals surface area (Å²) >= 11 is 0. The smallest absolute Gasteiger partial charge is 0.289 e. The van der Waals surface area contributed by atoms with Crippen molar-refractivity contribution in [1.29, 1.82) is 0 Å². The van der Waals surface area contributed by atoms with Crippen LogP contribution in [0.15, 0.2) is 28.7 Å². The lowest BCUT2D eigenvalue weighted by molar-refractivity contribution is 0.0251. The Morgan fingerprint density at radius 2 is 2.08 bits per heavy atom. The van der Waals surface area contributed by atoms with Gasteiger partial charge >= 0.3 is 0 Å². The third kappa shape index (κ3) is 2.41. The molecular formula is C19H23NO5S. The van der Waals surface area contributed by atoms with E-state index >= 15 is 0 Å². The number of likely N-dealkylation sites (tertiary alicyclic amines) is 1. The van der Waals surface area contributed by atoms with E-state index in [2.05, 4.69) is 0 Å². The zero-order valence-electron chi connectivity index (χ0n) is 15.0. The van der Waals surface area contributed by atoms with Crippen molar-refractivity contribution in [2.45, 2.75) is 25.0 Å². The molecule has 0 radical (unpaired) electrons. The van der Waals surface area contributed by atoms with Gasteiger partial charge in [-0.05, 0) is 26.3 Å². The van der Waals surface area contributed by atoms with Crippen molar-refractivity contribution in [3.8, 4) is 0 Å². The average Bonchev–Trinajstić information content (AvgIpc) is 3.05. The van der Waals surface area contributed by atoms with E-state index in [1.54, 1.807) is 4.90 Å². The van der Waals surface area contributed by atoms with Crippen molar-refractivity contribution in [2.75, 3.05) is 32.1 Å². The third-order valence-electron chi connectivity index (χ3n) is 5.86. The molecule has 1 atom stereocenters. The topological polar surface area (TPSA) is 76.8 Å². The van der Waals surface area contributed by atoms with E-state index in [-0.39, 0.29) is 30.7 Å². The maximum Gasteiger partial charge on any atom is 0.289 e. The maximum atomic E-state index is 12.9. The van der Waals surface area contributed by atoms with Crippen LogP contribution in [0.5, 0.6) is 0 Å². The standard InChI is InChI=1S/C19H23NO5S/c1-3-24-10-14-8-9-26(22,23)19(14)11-20(12-19)18(21)17-13(2)15-6-4-5-7-16(15)25-17/h4-7,14H,3,8-12H2,1-2H3/t14-/m0/s1. The molecule has 1 aromatic carbocycles. The highest BCUT2D eigenvalue weighted by Crippen LogP contribution is 2.45. The fourth-order valence-corrected chi connectivity index (χ4v) is 6.63. The van der Waals surface area contributed by atoms with Crippen molar-refractivity contribution in [3.05, 3.63) is 35.6 Å². The summed E-state index contributed by atoms with van der Waals surface area (Å²) in [5.41, 5.74) is 1.47. The van der Waals surface area contributed by atoms with Crippen LogP contribution in [0.1, 0.15) is 29.5 Å². The molecule has 6 nitrogen and oxygen atoms in total. The molecule has 0 saturated carbocycles. The first-order valence-corrected chi connectivity index (χ1v) is 10.6. The van der Waals surface area contributed by atoms with Crippen LogP contribution >= 0.6 is 0 Å². The van der Waals surface area contributed by atoms with E-state index in [4.69, 9.17) is 9.15 Å². The molecule has 0 unspecified atom stereocenters. The van der Waals surface area contributed by atoms with Gasteiger partial charge in [-0.3, -0.25) is 4.79 Å². The zero-order chi connectivity index (χ0) is 18.5. The number of nitrogens with zero attached hydrogens (tertiary/aromatic N) is 1. The van der Waals surface area contributed by atoms with Crippen LogP contribution in [0.2, 0.25) is 0 Å². The highest BCUT2D eigenvalue weighted by Gasteiger charge is 2.62. The number of para-hydroxylation sites is 1. The molecule has 4 rings (SSSR count). The highest BCUT2D eigenvalue weighted by atomic mass is 32.2. The lowest BCUT2D eigenvalue weighted by Gasteiger charge is -2.49. The molecule has 2 aliphatic heterocycles. The Kier molecular flexibility index (Phi) is 4.11. The number of sulfone groups is 1. The molecule has 0 N–H and O–H groups in total. The lowest BCUT2D eigenvalue weighted by atomic mass is 9.83. The summed E-state index contributed by atoms with van der Waals surface area (Å²) in [7, 11) is -3.22. The number of amides is 1. The normalized spacial score (nSPS) is 23.5. The number of hydrogen-bond donors (Lipinski definition) is 0. The van der Waals surface area contributed by atoms with E-state index in [1.165, 1.54) is 0 Å². The molecule has 2 aliphatic rings. The van der Waals surface area contributed by atoms with Gasteiger partial charge in [-0.1, -0.05) is 18.2 Å². The Balaban J connectivity index is 1.57. The second kappa shape index (κ2) is 6.09. The Morgan fingerprint density at radius 3 is 2.77 bits per heavy atom. The second-order valence-electron chi connectivity index (χ2n) is 7.24. The largest absolute Gasteiger partial charge is 0.451 e. The molecule has 26 heavy (non-hydrogen) atoms. The quantitative estimate of drug-likeness (QED) is 0.818. The molecule has 0 bridgehead atoms. The number of rotatable bonds is 4. The maximum absolute atomic E-state index is 12.9. The first-order valence-electron chi connectivity index (χ1n) is 8.97. The molecule has 2 saturated heterocycles. The predicted molar refractivity (Wildman–Crippen MR) is 98.0 cm³/mol. The summed E-state index contributed by atoms with van der Waals surface area (Å²) in [5, 5.41) is 0.911. The average molecular weight is 377 g/mol. The lowest BCUT2D eigenvalue weighted by Crippen LogP contribution is -2.68. The first-order chi connectivity index (χ1) is 12.4. The molecule has 140 valence electrons. The molecule has 1 amide bonds. The Bertz CT molecular complexity index is 955. The Morgan fingerprint density at radius 1 is 1.35 bits per heavy atom. The van der Waals surface area contributed by atoms with Crippen LogP contribution in [0.3, 0.4) is 0 Å². The fraction of sp³-hybridized carbons (Fsp3) is 0.526. The van der Waals surface area contributed by atoms with Crippen LogP contribution < -0.4 is 0 Å². The third-order valence-corrected chi connectivity index (χ3v) is 8.47. The van der Waals surface area contributed by atoms with Crippen LogP contribution in [-0.2, 0) is 14.6 Å². The van der Waals surface area contributed by atoms with Crippen molar-refractivity contribution in [1.82, 2.24) is 4.90 Å². The van der Waals surface area contributed by atoms with Crippen LogP contribution in [0.25, 0.3) is 11.0 Å². The summed E-state index contributed by atoms with van der Waals surface area (Å²) < 4.78 is 35.7. The monoisotopic (exact) mass is 377 g/mol. The molecule has 1 spiro atoms. The molecule has 2 fully saturated rings. The molecule has 3 heterocycles. The second-order valence-corrected chi connectivity index (χ2v) is 9.69. The predicted octanol–water partition coefficient (Wildman–Crippen LogP) is 2.41. The number of ether oxygens (including phenoxy) is 1. The van der Waals surface area contributed by atoms with Gasteiger partial charge in [0.1, 0.15) is 10.3 Å². The van der Waals surface area contributed by atoms with Gasteiger partial charge in [0.25, 0.3) is 5.91 Å². The minimum atomic E-state index is -3.22. The Labute approximate surface area is 153 Å². The minimum absolute atomic E-state index is 0.0479. The van der Waals surface area contributed by atoms with Gasteiger partial charge in [0, 0.05) is 36.6 Å². The van der Waals surface area contributed by atoms with E-state index in [1.807, 2.05) is 38.1 Å². The van der Waals surface area contributed by atoms with E-state index < -0.39 is 14.6 Å². The molecule has 1 aromatic heterocycles. The number of benzene rings is 1. The summed E-state index contributed by atoms with van der Waals surface area (Å²) in [6.45, 7) is 5.20. The van der Waals surface area contributed by atoms with Gasteiger partial charge in [-0.2, -0.15) is 0 Å². The van der Waals surface area contributed by atoms with Gasteiger partial charge in [0.2, 0.25) is 0 Å². The summed E-state index contributed by atoms with van der Waals surface area (Å²) in [6, 6.07) is 7.51. The molecule has 2 aromatic rings. The van der Waals surface area contributed by atoms with Gasteiger partial charge in [0.15, 0.2) is 15.6 Å². The summed E-state index contributed by atoms with van der Waals surface area (Å²) in [5.74, 6) is 0.198. The van der Waals surface area contributed by atoms with Crippen molar-refractivity contribution >= 4 is 26.7 Å². The molecule has 7 heteroatoms. The van der Waals surface area contributed by atoms with Crippen LogP contribution in [0.4, 0.5) is 0 Å². The highest BCUT2D eigenvalue weighted by molar-refractivity contribution is 7.93. The van der Waals surface area contributed by atoms with Crippen LogP contribution in [-0.4, -0.2) is 56.0 Å². The van der Waals surface area contributed by atoms with E-state index in [9.17, 15) is 13.2 Å². The zero-order valence-corrected chi connectivity index (χ0v) is 15.8. The van der Waals surface area contributed by atoms with Gasteiger partial charge < -0.3 is 14.1 Å². The number of carbonyl (C=O) groups is 1. The number of furan rings is 1. The Hall–Kier alpha value is -1.86.